The van der Waals surface area contributed by atoms with Crippen molar-refractivity contribution >= 4 is 5.57 Å². The fourth-order valence-corrected chi connectivity index (χ4v) is 3.23. The van der Waals surface area contributed by atoms with E-state index in [2.05, 4.69) is 74.0 Å². The lowest BCUT2D eigenvalue weighted by atomic mass is 9.96. The van der Waals surface area contributed by atoms with Crippen LogP contribution in [-0.2, 0) is 0 Å². The van der Waals surface area contributed by atoms with Crippen molar-refractivity contribution in [1.82, 2.24) is 0 Å². The second-order valence-corrected chi connectivity index (χ2v) is 7.70. The number of hydrogen-bond acceptors (Lipinski definition) is 1. The van der Waals surface area contributed by atoms with Gasteiger partial charge < -0.3 is 4.74 Å². The fraction of sp³-hybridized carbons (Fsp3) is 0.241. The maximum atomic E-state index is 5.22. The summed E-state index contributed by atoms with van der Waals surface area (Å²) < 4.78 is 5.22. The standard InChI is InChI=1S/C29H28O/c1-22(2)9-10-23(3)11-12-25-14-18-27(29(21-25)26-7-5-6-8-26)17-13-24-15-19-28(30-4)20-16-24/h7,9-10,14-16,18-21H,5-6,8H2,1-4H3. The maximum Gasteiger partial charge on any atom is 0.118 e. The molecule has 0 saturated carbocycles. The molecular weight excluding hydrogens is 364 g/mol. The minimum atomic E-state index is 0.842. The van der Waals surface area contributed by atoms with Crippen LogP contribution in [0.1, 0.15) is 62.3 Å². The predicted octanol–water partition coefficient (Wildman–Crippen LogP) is 6.93. The highest BCUT2D eigenvalue weighted by molar-refractivity contribution is 5.74. The lowest BCUT2D eigenvalue weighted by Gasteiger charge is -2.07. The van der Waals surface area contributed by atoms with Gasteiger partial charge in [0.2, 0.25) is 0 Å². The molecule has 0 aromatic heterocycles. The first kappa shape index (κ1) is 21.3. The van der Waals surface area contributed by atoms with Crippen LogP contribution in [0, 0.1) is 23.7 Å². The molecule has 3 rings (SSSR count). The summed E-state index contributed by atoms with van der Waals surface area (Å²) in [6.45, 7) is 6.22. The van der Waals surface area contributed by atoms with Crippen molar-refractivity contribution in [3.63, 3.8) is 0 Å². The topological polar surface area (TPSA) is 9.23 Å². The highest BCUT2D eigenvalue weighted by Crippen LogP contribution is 2.30. The second kappa shape index (κ2) is 10.4. The number of benzene rings is 2. The van der Waals surface area contributed by atoms with Crippen LogP contribution in [0.2, 0.25) is 0 Å². The smallest absolute Gasteiger partial charge is 0.118 e. The molecular formula is C29H28O. The van der Waals surface area contributed by atoms with E-state index in [1.54, 1.807) is 7.11 Å². The van der Waals surface area contributed by atoms with E-state index in [0.29, 0.717) is 0 Å². The maximum absolute atomic E-state index is 5.22. The van der Waals surface area contributed by atoms with Crippen LogP contribution in [0.15, 0.2) is 71.8 Å². The Bertz CT molecular complexity index is 1110. The van der Waals surface area contributed by atoms with Crippen molar-refractivity contribution in [2.45, 2.75) is 40.0 Å². The van der Waals surface area contributed by atoms with Gasteiger partial charge in [-0.3, -0.25) is 0 Å². The van der Waals surface area contributed by atoms with Crippen LogP contribution in [0.3, 0.4) is 0 Å². The van der Waals surface area contributed by atoms with Gasteiger partial charge >= 0.3 is 0 Å². The second-order valence-electron chi connectivity index (χ2n) is 7.70. The molecule has 0 radical (unpaired) electrons. The van der Waals surface area contributed by atoms with Gasteiger partial charge in [-0.1, -0.05) is 47.5 Å². The Balaban J connectivity index is 1.92. The molecule has 1 heteroatoms. The van der Waals surface area contributed by atoms with Crippen LogP contribution in [0.4, 0.5) is 0 Å². The normalized spacial score (nSPS) is 12.8. The molecule has 0 atom stereocenters. The third-order valence-electron chi connectivity index (χ3n) is 4.91. The molecule has 2 aromatic rings. The van der Waals surface area contributed by atoms with Gasteiger partial charge in [0.25, 0.3) is 0 Å². The number of allylic oxidation sites excluding steroid dienone is 6. The summed E-state index contributed by atoms with van der Waals surface area (Å²) in [6.07, 6.45) is 9.95. The van der Waals surface area contributed by atoms with E-state index >= 15 is 0 Å². The van der Waals surface area contributed by atoms with Gasteiger partial charge in [-0.15, -0.1) is 0 Å². The van der Waals surface area contributed by atoms with Gasteiger partial charge in [0.1, 0.15) is 5.75 Å². The van der Waals surface area contributed by atoms with Crippen molar-refractivity contribution in [1.29, 1.82) is 0 Å². The Labute approximate surface area is 181 Å². The minimum Gasteiger partial charge on any atom is -0.497 e. The number of ether oxygens (including phenoxy) is 1. The van der Waals surface area contributed by atoms with Crippen molar-refractivity contribution in [2.75, 3.05) is 7.11 Å². The zero-order valence-electron chi connectivity index (χ0n) is 18.3. The number of rotatable bonds is 3. The molecule has 0 saturated heterocycles. The summed E-state index contributed by atoms with van der Waals surface area (Å²) >= 11 is 0. The molecule has 1 nitrogen and oxygen atoms in total. The van der Waals surface area contributed by atoms with Crippen LogP contribution in [0.25, 0.3) is 5.57 Å². The third-order valence-corrected chi connectivity index (χ3v) is 4.91. The Kier molecular flexibility index (Phi) is 7.37. The van der Waals surface area contributed by atoms with Crippen LogP contribution < -0.4 is 4.74 Å². The summed E-state index contributed by atoms with van der Waals surface area (Å²) in [7, 11) is 1.67. The molecule has 2 aromatic carbocycles. The van der Waals surface area contributed by atoms with Crippen LogP contribution in [-0.4, -0.2) is 7.11 Å². The number of methoxy groups -OCH3 is 1. The Morgan fingerprint density at radius 1 is 0.900 bits per heavy atom. The van der Waals surface area contributed by atoms with Crippen LogP contribution in [0.5, 0.6) is 5.75 Å². The Morgan fingerprint density at radius 2 is 1.67 bits per heavy atom. The fourth-order valence-electron chi connectivity index (χ4n) is 3.23. The quantitative estimate of drug-likeness (QED) is 0.407. The van der Waals surface area contributed by atoms with E-state index in [4.69, 9.17) is 4.74 Å². The van der Waals surface area contributed by atoms with E-state index in [0.717, 1.165) is 40.9 Å². The highest BCUT2D eigenvalue weighted by Gasteiger charge is 2.11. The molecule has 0 fully saturated rings. The zero-order chi connectivity index (χ0) is 21.3. The molecule has 1 aliphatic rings. The van der Waals surface area contributed by atoms with E-state index in [1.807, 2.05) is 31.2 Å². The first-order valence-electron chi connectivity index (χ1n) is 10.4. The average Bonchev–Trinajstić information content (AvgIpc) is 3.30. The summed E-state index contributed by atoms with van der Waals surface area (Å²) in [5, 5.41) is 0. The summed E-state index contributed by atoms with van der Waals surface area (Å²) in [5.41, 5.74) is 7.98. The van der Waals surface area contributed by atoms with Gasteiger partial charge in [0, 0.05) is 16.7 Å². The van der Waals surface area contributed by atoms with E-state index < -0.39 is 0 Å². The average molecular weight is 393 g/mol. The lowest BCUT2D eigenvalue weighted by Crippen LogP contribution is -1.90. The molecule has 0 N–H and O–H groups in total. The van der Waals surface area contributed by atoms with Crippen molar-refractivity contribution in [3.05, 3.63) is 94.1 Å². The van der Waals surface area contributed by atoms with Gasteiger partial charge in [0.05, 0.1) is 7.11 Å². The molecule has 30 heavy (non-hydrogen) atoms. The van der Waals surface area contributed by atoms with E-state index in [9.17, 15) is 0 Å². The molecule has 0 heterocycles. The molecule has 0 bridgehead atoms. The molecule has 0 amide bonds. The first-order valence-corrected chi connectivity index (χ1v) is 10.4. The van der Waals surface area contributed by atoms with Crippen LogP contribution >= 0.6 is 0 Å². The van der Waals surface area contributed by atoms with Crippen molar-refractivity contribution in [2.24, 2.45) is 0 Å². The summed E-state index contributed by atoms with van der Waals surface area (Å²) in [6, 6.07) is 14.2. The molecule has 1 aliphatic carbocycles. The van der Waals surface area contributed by atoms with Crippen molar-refractivity contribution < 1.29 is 4.74 Å². The van der Waals surface area contributed by atoms with Gasteiger partial charge in [0.15, 0.2) is 0 Å². The van der Waals surface area contributed by atoms with Crippen molar-refractivity contribution in [3.8, 4) is 29.4 Å². The van der Waals surface area contributed by atoms with Gasteiger partial charge in [-0.2, -0.15) is 0 Å². The molecule has 150 valence electrons. The zero-order valence-corrected chi connectivity index (χ0v) is 18.3. The monoisotopic (exact) mass is 392 g/mol. The minimum absolute atomic E-state index is 0.842. The molecule has 0 aliphatic heterocycles. The summed E-state index contributed by atoms with van der Waals surface area (Å²) in [5.74, 6) is 14.1. The largest absolute Gasteiger partial charge is 0.497 e. The predicted molar refractivity (Wildman–Crippen MR) is 127 cm³/mol. The number of hydrogen-bond donors (Lipinski definition) is 0. The summed E-state index contributed by atoms with van der Waals surface area (Å²) in [4.78, 5) is 0. The molecule has 0 unspecified atom stereocenters. The first-order chi connectivity index (χ1) is 14.5. The lowest BCUT2D eigenvalue weighted by molar-refractivity contribution is 0.415. The highest BCUT2D eigenvalue weighted by atomic mass is 16.5. The Morgan fingerprint density at radius 3 is 2.33 bits per heavy atom. The van der Waals surface area contributed by atoms with E-state index in [-0.39, 0.29) is 0 Å². The van der Waals surface area contributed by atoms with Gasteiger partial charge in [-0.05, 0) is 99.2 Å². The Hall–Kier alpha value is -3.42. The van der Waals surface area contributed by atoms with E-state index in [1.165, 1.54) is 23.1 Å². The molecule has 0 spiro atoms. The third kappa shape index (κ3) is 6.04. The van der Waals surface area contributed by atoms with Gasteiger partial charge in [-0.25, -0.2) is 0 Å². The SMILES string of the molecule is COc1ccc(C#Cc2ccc(C#CC(C)=CC=C(C)C)cc2C2=CCCC2)cc1.